The van der Waals surface area contributed by atoms with Crippen LogP contribution in [0.2, 0.25) is 0 Å². The van der Waals surface area contributed by atoms with Gasteiger partial charge in [-0.2, -0.15) is 4.98 Å². The number of alkyl halides is 1. The first-order valence-electron chi connectivity index (χ1n) is 12.7. The number of halogens is 1. The highest BCUT2D eigenvalue weighted by Gasteiger charge is 2.45. The normalized spacial score (nSPS) is 24.3. The van der Waals surface area contributed by atoms with Gasteiger partial charge < -0.3 is 30.5 Å². The molecule has 0 aliphatic carbocycles. The van der Waals surface area contributed by atoms with Gasteiger partial charge in [0.15, 0.2) is 12.4 Å². The summed E-state index contributed by atoms with van der Waals surface area (Å²) in [6.07, 6.45) is -2.65. The minimum Gasteiger partial charge on any atom is -0.394 e. The van der Waals surface area contributed by atoms with Crippen LogP contribution in [0.1, 0.15) is 29.4 Å². The molecule has 3 aromatic rings. The van der Waals surface area contributed by atoms with E-state index in [1.54, 1.807) is 24.3 Å². The quantitative estimate of drug-likeness (QED) is 0.307. The number of nitrogens with zero attached hydrogens (tertiary/aromatic N) is 4. The lowest BCUT2D eigenvalue weighted by Gasteiger charge is -2.24. The molecule has 0 saturated carbocycles. The fourth-order valence-electron chi connectivity index (χ4n) is 4.95. The summed E-state index contributed by atoms with van der Waals surface area (Å²) >= 11 is 0. The summed E-state index contributed by atoms with van der Waals surface area (Å²) in [6, 6.07) is 9.11. The Morgan fingerprint density at radius 1 is 1.18 bits per heavy atom. The molecule has 2 aliphatic heterocycles. The Morgan fingerprint density at radius 2 is 1.98 bits per heavy atom. The molecule has 0 unspecified atom stereocenters. The average molecular weight is 555 g/mol. The van der Waals surface area contributed by atoms with Gasteiger partial charge in [-0.05, 0) is 31.0 Å². The van der Waals surface area contributed by atoms with Crippen LogP contribution >= 0.6 is 0 Å². The molecule has 2 aromatic heterocycles. The smallest absolute Gasteiger partial charge is 0.351 e. The number of nitrogens with one attached hydrogen (secondary N) is 2. The number of anilines is 1. The van der Waals surface area contributed by atoms with Crippen molar-refractivity contribution in [1.82, 2.24) is 24.8 Å². The van der Waals surface area contributed by atoms with E-state index in [1.165, 1.54) is 17.2 Å². The maximum atomic E-state index is 14.4. The van der Waals surface area contributed by atoms with Crippen LogP contribution in [0.3, 0.4) is 0 Å². The highest BCUT2D eigenvalue weighted by atomic mass is 19.1. The Kier molecular flexibility index (Phi) is 7.82. The van der Waals surface area contributed by atoms with Gasteiger partial charge in [0.05, 0.1) is 24.2 Å². The number of likely N-dealkylation sites (tertiary alicyclic amines) is 1. The number of hydrogen-bond donors (Lipinski definition) is 4. The molecule has 40 heavy (non-hydrogen) atoms. The summed E-state index contributed by atoms with van der Waals surface area (Å²) in [6.45, 7) is -0.638. The van der Waals surface area contributed by atoms with Gasteiger partial charge in [-0.3, -0.25) is 23.9 Å². The number of fused-ring (bicyclic) bond motifs is 1. The van der Waals surface area contributed by atoms with E-state index in [0.29, 0.717) is 35.9 Å². The summed E-state index contributed by atoms with van der Waals surface area (Å²) in [5, 5.41) is 24.8. The molecule has 0 radical (unpaired) electrons. The highest BCUT2D eigenvalue weighted by molar-refractivity contribution is 6.07. The molecule has 5 rings (SSSR count). The van der Waals surface area contributed by atoms with E-state index in [-0.39, 0.29) is 12.4 Å². The number of aliphatic hydroxyl groups excluding tert-OH is 2. The fourth-order valence-corrected chi connectivity index (χ4v) is 4.95. The van der Waals surface area contributed by atoms with Crippen molar-refractivity contribution in [2.24, 2.45) is 0 Å². The van der Waals surface area contributed by atoms with Crippen LogP contribution in [0, 0.1) is 0 Å². The Labute approximate surface area is 226 Å². The van der Waals surface area contributed by atoms with Crippen molar-refractivity contribution in [3.63, 3.8) is 0 Å². The van der Waals surface area contributed by atoms with Gasteiger partial charge in [0.1, 0.15) is 24.1 Å². The van der Waals surface area contributed by atoms with Gasteiger partial charge >= 0.3 is 5.69 Å². The number of ether oxygens (including phenoxy) is 1. The predicted molar refractivity (Wildman–Crippen MR) is 138 cm³/mol. The summed E-state index contributed by atoms with van der Waals surface area (Å²) in [4.78, 5) is 60.5. The molecule has 2 aliphatic rings. The number of carbonyl (C=O) groups excluding carboxylic acids is 3. The second-order valence-electron chi connectivity index (χ2n) is 9.48. The van der Waals surface area contributed by atoms with Gasteiger partial charge in [0.2, 0.25) is 11.8 Å². The SMILES string of the molecule is O=C(NCC(=O)N1CCC[C@H]1C(=O)Nc1ccn([C@@H]2O[C@H](CO)[C@@H](O)[C@@H]2F)c(=O)n1)c1ccnc2ccccc12. The van der Waals surface area contributed by atoms with Crippen LogP contribution in [-0.4, -0.2) is 91.5 Å². The molecule has 3 amide bonds. The third-order valence-corrected chi connectivity index (χ3v) is 7.00. The van der Waals surface area contributed by atoms with Crippen LogP contribution in [0.5, 0.6) is 0 Å². The van der Waals surface area contributed by atoms with Gasteiger partial charge in [-0.15, -0.1) is 0 Å². The minimum absolute atomic E-state index is 0.115. The van der Waals surface area contributed by atoms with E-state index in [2.05, 4.69) is 20.6 Å². The number of benzene rings is 1. The maximum Gasteiger partial charge on any atom is 0.351 e. The van der Waals surface area contributed by atoms with Crippen LogP contribution in [-0.2, 0) is 14.3 Å². The molecular formula is C26H27FN6O7. The summed E-state index contributed by atoms with van der Waals surface area (Å²) in [5.41, 5.74) is 0.0756. The molecule has 5 atom stereocenters. The third kappa shape index (κ3) is 5.28. The zero-order valence-corrected chi connectivity index (χ0v) is 21.1. The Morgan fingerprint density at radius 3 is 2.73 bits per heavy atom. The van der Waals surface area contributed by atoms with Crippen molar-refractivity contribution >= 4 is 34.4 Å². The van der Waals surface area contributed by atoms with Crippen LogP contribution in [0.15, 0.2) is 53.6 Å². The molecule has 0 spiro atoms. The second kappa shape index (κ2) is 11.5. The highest BCUT2D eigenvalue weighted by Crippen LogP contribution is 2.30. The lowest BCUT2D eigenvalue weighted by atomic mass is 10.1. The van der Waals surface area contributed by atoms with E-state index in [1.807, 2.05) is 6.07 Å². The van der Waals surface area contributed by atoms with Crippen LogP contribution in [0.25, 0.3) is 10.9 Å². The molecule has 14 heteroatoms. The number of aromatic nitrogens is 3. The molecule has 1 aromatic carbocycles. The van der Waals surface area contributed by atoms with Gasteiger partial charge in [0.25, 0.3) is 5.91 Å². The van der Waals surface area contributed by atoms with Crippen molar-refractivity contribution in [2.45, 2.75) is 43.5 Å². The van der Waals surface area contributed by atoms with Crippen LogP contribution < -0.4 is 16.3 Å². The van der Waals surface area contributed by atoms with Gasteiger partial charge in [-0.1, -0.05) is 18.2 Å². The van der Waals surface area contributed by atoms with Gasteiger partial charge in [0, 0.05) is 24.3 Å². The van der Waals surface area contributed by atoms with E-state index < -0.39 is 60.7 Å². The van der Waals surface area contributed by atoms with Crippen LogP contribution in [0.4, 0.5) is 10.2 Å². The minimum atomic E-state index is -1.96. The molecule has 2 fully saturated rings. The Balaban J connectivity index is 1.21. The number of hydrogen-bond acceptors (Lipinski definition) is 9. The molecule has 0 bridgehead atoms. The number of amides is 3. The summed E-state index contributed by atoms with van der Waals surface area (Å²) < 4.78 is 20.4. The third-order valence-electron chi connectivity index (χ3n) is 7.00. The Hall–Kier alpha value is -4.27. The average Bonchev–Trinajstić information content (AvgIpc) is 3.56. The number of aliphatic hydroxyl groups is 2. The van der Waals surface area contributed by atoms with Crippen molar-refractivity contribution in [3.05, 3.63) is 64.8 Å². The fraction of sp³-hybridized carbons (Fsp3) is 0.385. The number of pyridine rings is 1. The number of carbonyl (C=O) groups is 3. The van der Waals surface area contributed by atoms with Crippen molar-refractivity contribution < 1.29 is 33.7 Å². The standard InChI is InChI=1S/C26H27FN6O7/c27-21-22(36)18(13-34)40-25(21)33-11-8-19(31-26(33)39)30-24(38)17-6-3-10-32(17)20(35)12-29-23(37)15-7-9-28-16-5-2-1-4-14(15)16/h1-2,4-5,7-9,11,17-18,21-22,25,34,36H,3,6,10,12-13H2,(H,29,37)(H,30,31,38,39)/t17-,18+,21-,22+,25+/m0/s1. The largest absolute Gasteiger partial charge is 0.394 e. The van der Waals surface area contributed by atoms with Gasteiger partial charge in [-0.25, -0.2) is 9.18 Å². The monoisotopic (exact) mass is 554 g/mol. The summed E-state index contributed by atoms with van der Waals surface area (Å²) in [7, 11) is 0. The number of rotatable bonds is 7. The first-order chi connectivity index (χ1) is 19.3. The summed E-state index contributed by atoms with van der Waals surface area (Å²) in [5.74, 6) is -1.58. The zero-order chi connectivity index (χ0) is 28.4. The Bertz CT molecular complexity index is 1490. The maximum absolute atomic E-state index is 14.4. The van der Waals surface area contributed by atoms with E-state index in [9.17, 15) is 33.8 Å². The first kappa shape index (κ1) is 27.3. The predicted octanol–water partition coefficient (Wildman–Crippen LogP) is -0.260. The topological polar surface area (TPSA) is 176 Å². The molecule has 2 saturated heterocycles. The van der Waals surface area contributed by atoms with E-state index in [0.717, 1.165) is 10.8 Å². The number of para-hydroxylation sites is 1. The van der Waals surface area contributed by atoms with Crippen molar-refractivity contribution in [3.8, 4) is 0 Å². The molecule has 210 valence electrons. The molecular weight excluding hydrogens is 527 g/mol. The van der Waals surface area contributed by atoms with Crippen molar-refractivity contribution in [1.29, 1.82) is 0 Å². The van der Waals surface area contributed by atoms with E-state index in [4.69, 9.17) is 4.74 Å². The molecule has 13 nitrogen and oxygen atoms in total. The lowest BCUT2D eigenvalue weighted by Crippen LogP contribution is -2.47. The molecule has 4 heterocycles. The second-order valence-corrected chi connectivity index (χ2v) is 9.48. The lowest BCUT2D eigenvalue weighted by molar-refractivity contribution is -0.135. The van der Waals surface area contributed by atoms with E-state index >= 15 is 0 Å². The van der Waals surface area contributed by atoms with Crippen molar-refractivity contribution in [2.75, 3.05) is 25.0 Å². The first-order valence-corrected chi connectivity index (χ1v) is 12.7. The molecule has 4 N–H and O–H groups in total. The zero-order valence-electron chi connectivity index (χ0n) is 21.1.